The molecule has 0 bridgehead atoms. The lowest BCUT2D eigenvalue weighted by molar-refractivity contribution is -0.208. The molecular formula is C35H59ClN5O11PSi. The molecule has 16 nitrogen and oxygen atoms in total. The van der Waals surface area contributed by atoms with E-state index in [0.717, 1.165) is 31.7 Å². The molecule has 54 heavy (non-hydrogen) atoms. The van der Waals surface area contributed by atoms with E-state index in [2.05, 4.69) is 34.7 Å². The van der Waals surface area contributed by atoms with E-state index < -0.39 is 69.6 Å². The van der Waals surface area contributed by atoms with Crippen LogP contribution in [0.4, 0.5) is 10.6 Å². The largest absolute Gasteiger partial charge is 0.443 e. The van der Waals surface area contributed by atoms with Crippen LogP contribution in [0.3, 0.4) is 0 Å². The van der Waals surface area contributed by atoms with E-state index in [1.807, 2.05) is 20.8 Å². The van der Waals surface area contributed by atoms with Crippen molar-refractivity contribution in [2.45, 2.75) is 147 Å². The normalized spacial score (nSPS) is 24.6. The van der Waals surface area contributed by atoms with E-state index in [0.29, 0.717) is 23.5 Å². The summed E-state index contributed by atoms with van der Waals surface area (Å²) in [5, 5.41) is 14.1. The van der Waals surface area contributed by atoms with Crippen molar-refractivity contribution in [2.75, 3.05) is 44.5 Å². The summed E-state index contributed by atoms with van der Waals surface area (Å²) >= 11 is 6.58. The van der Waals surface area contributed by atoms with Gasteiger partial charge in [0.1, 0.15) is 23.9 Å². The first-order chi connectivity index (χ1) is 25.3. The lowest BCUT2D eigenvalue weighted by Gasteiger charge is -2.38. The number of hydrogen-bond acceptors (Lipinski definition) is 14. The van der Waals surface area contributed by atoms with Crippen molar-refractivity contribution in [2.24, 2.45) is 0 Å². The fourth-order valence-electron chi connectivity index (χ4n) is 6.96. The predicted molar refractivity (Wildman–Crippen MR) is 205 cm³/mol. The molecule has 2 aliphatic heterocycles. The second-order valence-electron chi connectivity index (χ2n) is 16.7. The average molecular weight is 820 g/mol. The van der Waals surface area contributed by atoms with Crippen molar-refractivity contribution in [3.63, 3.8) is 0 Å². The molecule has 1 aliphatic carbocycles. The standard InChI is InChI=1S/C35H59ClN5O11PSi/c1-11-47-53(44,48-12-2)35(21-42,22-45-17-18-54(8,9)10)46-20-25-26-27(51-34(6,7)50-26)30(49-25)41-29-24(19-37-41)28(38-31(36)39-29)40(23-15-13-14-16-23)32(43)52-33(3,4)5/h19,23,25-27,30,42H,11-18,20-22H2,1-10H3/t25?,26-,27-,30-,35?/m1/s1. The Bertz CT molecular complexity index is 1640. The van der Waals surface area contributed by atoms with Gasteiger partial charge in [-0.05, 0) is 79.0 Å². The lowest BCUT2D eigenvalue weighted by atomic mass is 10.1. The number of aliphatic hydroxyl groups is 1. The number of aliphatic hydroxyl groups excluding tert-OH is 1. The molecule has 2 unspecified atom stereocenters. The molecule has 2 aromatic rings. The van der Waals surface area contributed by atoms with Gasteiger partial charge in [0.05, 0.1) is 44.6 Å². The molecule has 5 atom stereocenters. The molecule has 19 heteroatoms. The number of anilines is 1. The summed E-state index contributed by atoms with van der Waals surface area (Å²) in [6.07, 6.45) is 1.46. The topological polar surface area (TPSA) is 175 Å². The van der Waals surface area contributed by atoms with Crippen LogP contribution in [0.25, 0.3) is 11.0 Å². The molecule has 1 N–H and O–H groups in total. The van der Waals surface area contributed by atoms with Crippen molar-refractivity contribution in [3.05, 3.63) is 11.5 Å². The summed E-state index contributed by atoms with van der Waals surface area (Å²) in [6, 6.07) is 0.706. The third-order valence-corrected chi connectivity index (χ3v) is 13.9. The quantitative estimate of drug-likeness (QED) is 0.0755. The molecule has 5 rings (SSSR count). The van der Waals surface area contributed by atoms with Crippen LogP contribution < -0.4 is 4.90 Å². The smallest absolute Gasteiger partial charge is 0.416 e. The maximum atomic E-state index is 14.4. The van der Waals surface area contributed by atoms with Crippen LogP contribution in [0.5, 0.6) is 0 Å². The van der Waals surface area contributed by atoms with Gasteiger partial charge in [-0.15, -0.1) is 0 Å². The summed E-state index contributed by atoms with van der Waals surface area (Å²) in [4.78, 5) is 24.4. The summed E-state index contributed by atoms with van der Waals surface area (Å²) in [7, 11) is -5.56. The Morgan fingerprint density at radius 1 is 1.11 bits per heavy atom. The van der Waals surface area contributed by atoms with Crippen molar-refractivity contribution < 1.29 is 51.9 Å². The zero-order chi connectivity index (χ0) is 39.7. The van der Waals surface area contributed by atoms with E-state index >= 15 is 0 Å². The molecule has 2 aromatic heterocycles. The van der Waals surface area contributed by atoms with E-state index in [4.69, 9.17) is 49.1 Å². The fraction of sp³-hybridized carbons (Fsp3) is 0.829. The number of ether oxygens (including phenoxy) is 6. The van der Waals surface area contributed by atoms with E-state index in [1.165, 1.54) is 0 Å². The predicted octanol–water partition coefficient (Wildman–Crippen LogP) is 6.91. The number of halogens is 1. The SMILES string of the molecule is CCOP(=O)(OCC)C(CO)(COCC[Si](C)(C)C)OCC1O[C@@H](n2ncc3c(N(C(=O)OC(C)(C)C)C4CCCC4)nc(Cl)nc32)[C@@H]2OC(C)(C)O[C@H]12. The molecule has 4 heterocycles. The number of nitrogens with zero attached hydrogens (tertiary/aromatic N) is 5. The van der Waals surface area contributed by atoms with Crippen molar-refractivity contribution >= 4 is 50.2 Å². The van der Waals surface area contributed by atoms with Gasteiger partial charge < -0.3 is 42.6 Å². The van der Waals surface area contributed by atoms with Gasteiger partial charge in [0.25, 0.3) is 0 Å². The highest BCUT2D eigenvalue weighted by atomic mass is 35.5. The van der Waals surface area contributed by atoms with Crippen LogP contribution in [-0.2, 0) is 42.0 Å². The maximum absolute atomic E-state index is 14.4. The third kappa shape index (κ3) is 9.67. The zero-order valence-electron chi connectivity index (χ0n) is 33.3. The minimum atomic E-state index is -4.10. The van der Waals surface area contributed by atoms with E-state index in [1.54, 1.807) is 43.5 Å². The van der Waals surface area contributed by atoms with Gasteiger partial charge in [-0.3, -0.25) is 9.46 Å². The lowest BCUT2D eigenvalue weighted by Crippen LogP contribution is -2.46. The number of aromatic nitrogens is 4. The van der Waals surface area contributed by atoms with Gasteiger partial charge in [-0.1, -0.05) is 32.5 Å². The Balaban J connectivity index is 1.48. The van der Waals surface area contributed by atoms with Crippen LogP contribution in [0.1, 0.15) is 80.4 Å². The average Bonchev–Trinajstić information content (AvgIpc) is 3.85. The van der Waals surface area contributed by atoms with Gasteiger partial charge in [-0.25, -0.2) is 9.48 Å². The molecule has 306 valence electrons. The molecule has 3 aliphatic rings. The van der Waals surface area contributed by atoms with Crippen molar-refractivity contribution in [3.8, 4) is 0 Å². The van der Waals surface area contributed by atoms with Crippen LogP contribution in [-0.4, -0.2) is 120 Å². The second kappa shape index (κ2) is 17.0. The van der Waals surface area contributed by atoms with Gasteiger partial charge in [0.2, 0.25) is 10.6 Å². The Hall–Kier alpha value is -1.76. The number of rotatable bonds is 17. The molecule has 3 fully saturated rings. The number of hydrogen-bond donors (Lipinski definition) is 1. The Labute approximate surface area is 324 Å². The number of carbonyl (C=O) groups excluding carboxylic acids is 1. The van der Waals surface area contributed by atoms with Gasteiger partial charge >= 0.3 is 13.7 Å². The van der Waals surface area contributed by atoms with Gasteiger partial charge in [-0.2, -0.15) is 15.1 Å². The molecular weight excluding hydrogens is 761 g/mol. The van der Waals surface area contributed by atoms with Crippen molar-refractivity contribution in [1.82, 2.24) is 19.7 Å². The van der Waals surface area contributed by atoms with Crippen molar-refractivity contribution in [1.29, 1.82) is 0 Å². The molecule has 0 radical (unpaired) electrons. The molecule has 0 aromatic carbocycles. The number of fused-ring (bicyclic) bond motifs is 2. The van der Waals surface area contributed by atoms with Gasteiger partial charge in [0, 0.05) is 20.7 Å². The summed E-state index contributed by atoms with van der Waals surface area (Å²) < 4.78 is 64.9. The first-order valence-corrected chi connectivity index (χ1v) is 24.5. The summed E-state index contributed by atoms with van der Waals surface area (Å²) in [5.74, 6) is -0.716. The first kappa shape index (κ1) is 43.4. The maximum Gasteiger partial charge on any atom is 0.416 e. The minimum Gasteiger partial charge on any atom is -0.443 e. The molecule has 0 spiro atoms. The minimum absolute atomic E-state index is 0.0556. The highest BCUT2D eigenvalue weighted by Crippen LogP contribution is 2.61. The van der Waals surface area contributed by atoms with Crippen LogP contribution >= 0.6 is 19.2 Å². The summed E-state index contributed by atoms with van der Waals surface area (Å²) in [6.45, 7) is 18.4. The highest BCUT2D eigenvalue weighted by molar-refractivity contribution is 7.55. The van der Waals surface area contributed by atoms with Gasteiger partial charge in [0.15, 0.2) is 23.5 Å². The second-order valence-corrected chi connectivity index (χ2v) is 25.0. The Kier molecular flexibility index (Phi) is 13.6. The number of amides is 1. The van der Waals surface area contributed by atoms with E-state index in [9.17, 15) is 14.5 Å². The van der Waals surface area contributed by atoms with Crippen LogP contribution in [0.2, 0.25) is 31.0 Å². The molecule has 1 saturated carbocycles. The zero-order valence-corrected chi connectivity index (χ0v) is 36.0. The third-order valence-electron chi connectivity index (χ3n) is 9.47. The highest BCUT2D eigenvalue weighted by Gasteiger charge is 2.59. The summed E-state index contributed by atoms with van der Waals surface area (Å²) in [5.41, 5.74) is -0.426. The molecule has 2 saturated heterocycles. The van der Waals surface area contributed by atoms with Crippen LogP contribution in [0.15, 0.2) is 6.20 Å². The van der Waals surface area contributed by atoms with E-state index in [-0.39, 0.29) is 37.8 Å². The fourth-order valence-corrected chi connectivity index (χ4v) is 9.76. The Morgan fingerprint density at radius 3 is 2.35 bits per heavy atom. The Morgan fingerprint density at radius 2 is 1.76 bits per heavy atom. The monoisotopic (exact) mass is 819 g/mol. The van der Waals surface area contributed by atoms with Crippen LogP contribution in [0, 0.1) is 0 Å². The number of carbonyl (C=O) groups is 1. The molecule has 1 amide bonds. The first-order valence-electron chi connectivity index (χ1n) is 18.9.